The van der Waals surface area contributed by atoms with Gasteiger partial charge >= 0.3 is 6.09 Å². The first-order valence-electron chi connectivity index (χ1n) is 4.70. The van der Waals surface area contributed by atoms with Gasteiger partial charge in [-0.1, -0.05) is 18.2 Å². The maximum absolute atomic E-state index is 11.1. The van der Waals surface area contributed by atoms with E-state index >= 15 is 0 Å². The lowest BCUT2D eigenvalue weighted by molar-refractivity contribution is 0.202. The number of carbonyl (C=O) groups is 1. The normalized spacial score (nSPS) is 11.9. The Morgan fingerprint density at radius 2 is 2.13 bits per heavy atom. The van der Waals surface area contributed by atoms with Gasteiger partial charge in [0.2, 0.25) is 0 Å². The van der Waals surface area contributed by atoms with Gasteiger partial charge in [-0.2, -0.15) is 11.8 Å². The molecule has 0 fully saturated rings. The van der Waals surface area contributed by atoms with Crippen molar-refractivity contribution in [2.75, 3.05) is 13.3 Å². The van der Waals surface area contributed by atoms with Crippen LogP contribution < -0.4 is 10.1 Å². The van der Waals surface area contributed by atoms with Crippen molar-refractivity contribution in [3.8, 4) is 5.75 Å². The van der Waals surface area contributed by atoms with Crippen molar-refractivity contribution >= 4 is 17.9 Å². The second kappa shape index (κ2) is 5.66. The first-order chi connectivity index (χ1) is 7.19. The quantitative estimate of drug-likeness (QED) is 0.859. The average Bonchev–Trinajstić information content (AvgIpc) is 2.28. The van der Waals surface area contributed by atoms with E-state index in [1.807, 2.05) is 24.5 Å². The lowest BCUT2D eigenvalue weighted by atomic mass is 10.1. The molecule has 0 radical (unpaired) electrons. The van der Waals surface area contributed by atoms with Crippen molar-refractivity contribution in [2.24, 2.45) is 0 Å². The summed E-state index contributed by atoms with van der Waals surface area (Å²) < 4.78 is 5.15. The van der Waals surface area contributed by atoms with E-state index in [1.165, 1.54) is 0 Å². The topological polar surface area (TPSA) is 38.3 Å². The monoisotopic (exact) mass is 225 g/mol. The molecular weight excluding hydrogens is 210 g/mol. The Kier molecular flexibility index (Phi) is 4.49. The average molecular weight is 225 g/mol. The largest absolute Gasteiger partial charge is 0.412 e. The summed E-state index contributed by atoms with van der Waals surface area (Å²) in [5, 5.41) is 2.74. The van der Waals surface area contributed by atoms with Crippen LogP contribution in [0.15, 0.2) is 24.3 Å². The third kappa shape index (κ3) is 3.16. The van der Waals surface area contributed by atoms with Crippen LogP contribution in [-0.4, -0.2) is 19.4 Å². The van der Waals surface area contributed by atoms with Gasteiger partial charge in [-0.25, -0.2) is 4.79 Å². The van der Waals surface area contributed by atoms with Crippen LogP contribution in [0.1, 0.15) is 17.7 Å². The zero-order valence-corrected chi connectivity index (χ0v) is 9.93. The van der Waals surface area contributed by atoms with E-state index in [1.54, 1.807) is 24.9 Å². The smallest absolute Gasteiger partial charge is 0.410 e. The number of ether oxygens (including phenoxy) is 1. The van der Waals surface area contributed by atoms with Gasteiger partial charge in [-0.3, -0.25) is 0 Å². The number of thioether (sulfide) groups is 1. The van der Waals surface area contributed by atoms with Gasteiger partial charge in [-0.05, 0) is 19.2 Å². The number of hydrogen-bond acceptors (Lipinski definition) is 3. The standard InChI is InChI=1S/C11H15NO2S/c1-8(15-3)9-6-4-5-7-10(9)14-11(13)12-2/h4-8H,1-3H3,(H,12,13). The van der Waals surface area contributed by atoms with Gasteiger partial charge in [0.15, 0.2) is 0 Å². The predicted octanol–water partition coefficient (Wildman–Crippen LogP) is 2.83. The molecule has 1 aromatic rings. The van der Waals surface area contributed by atoms with Gasteiger partial charge in [0, 0.05) is 17.9 Å². The van der Waals surface area contributed by atoms with Gasteiger partial charge in [0.25, 0.3) is 0 Å². The van der Waals surface area contributed by atoms with Crippen molar-refractivity contribution in [3.05, 3.63) is 29.8 Å². The van der Waals surface area contributed by atoms with Gasteiger partial charge in [-0.15, -0.1) is 0 Å². The SMILES string of the molecule is CNC(=O)Oc1ccccc1C(C)SC. The molecule has 0 bridgehead atoms. The zero-order chi connectivity index (χ0) is 11.3. The first-order valence-corrected chi connectivity index (χ1v) is 5.99. The second-order valence-corrected chi connectivity index (χ2v) is 4.23. The first kappa shape index (κ1) is 11.9. The van der Waals surface area contributed by atoms with Gasteiger partial charge in [0.05, 0.1) is 0 Å². The molecule has 0 saturated heterocycles. The van der Waals surface area contributed by atoms with E-state index in [2.05, 4.69) is 12.2 Å². The molecule has 3 nitrogen and oxygen atoms in total. The fraction of sp³-hybridized carbons (Fsp3) is 0.364. The molecule has 1 atom stereocenters. The van der Waals surface area contributed by atoms with Crippen LogP contribution in [0.5, 0.6) is 5.75 Å². The summed E-state index contributed by atoms with van der Waals surface area (Å²) in [6.45, 7) is 2.08. The maximum Gasteiger partial charge on any atom is 0.412 e. The molecule has 82 valence electrons. The fourth-order valence-corrected chi connectivity index (χ4v) is 1.64. The molecule has 0 aliphatic rings. The fourth-order valence-electron chi connectivity index (χ4n) is 1.19. The Hall–Kier alpha value is -1.16. The van der Waals surface area contributed by atoms with Crippen molar-refractivity contribution in [3.63, 3.8) is 0 Å². The number of nitrogens with one attached hydrogen (secondary N) is 1. The maximum atomic E-state index is 11.1. The molecule has 0 aliphatic heterocycles. The number of amides is 1. The number of rotatable bonds is 3. The van der Waals surface area contributed by atoms with Gasteiger partial charge < -0.3 is 10.1 Å². The Balaban J connectivity index is 2.91. The summed E-state index contributed by atoms with van der Waals surface area (Å²) in [4.78, 5) is 11.1. The number of hydrogen-bond donors (Lipinski definition) is 1. The minimum atomic E-state index is -0.434. The summed E-state index contributed by atoms with van der Waals surface area (Å²) in [7, 11) is 1.54. The van der Waals surface area contributed by atoms with Crippen LogP contribution in [0.4, 0.5) is 4.79 Å². The van der Waals surface area contributed by atoms with Crippen LogP contribution in [0.2, 0.25) is 0 Å². The van der Waals surface area contributed by atoms with Crippen molar-refractivity contribution < 1.29 is 9.53 Å². The van der Waals surface area contributed by atoms with Crippen LogP contribution in [0.3, 0.4) is 0 Å². The van der Waals surface area contributed by atoms with Gasteiger partial charge in [0.1, 0.15) is 5.75 Å². The van der Waals surface area contributed by atoms with E-state index in [0.717, 1.165) is 5.56 Å². The van der Waals surface area contributed by atoms with Crippen molar-refractivity contribution in [2.45, 2.75) is 12.2 Å². The molecule has 1 rings (SSSR count). The lowest BCUT2D eigenvalue weighted by Gasteiger charge is -2.13. The summed E-state index contributed by atoms with van der Waals surface area (Å²) in [5.41, 5.74) is 1.04. The van der Waals surface area contributed by atoms with Crippen molar-refractivity contribution in [1.82, 2.24) is 5.32 Å². The number of benzene rings is 1. The Bertz CT molecular complexity index is 341. The molecule has 1 aromatic carbocycles. The molecule has 1 unspecified atom stereocenters. The molecule has 4 heteroatoms. The molecule has 1 N–H and O–H groups in total. The minimum absolute atomic E-state index is 0.311. The third-order valence-electron chi connectivity index (χ3n) is 2.12. The highest BCUT2D eigenvalue weighted by molar-refractivity contribution is 7.98. The van der Waals surface area contributed by atoms with Crippen molar-refractivity contribution in [1.29, 1.82) is 0 Å². The zero-order valence-electron chi connectivity index (χ0n) is 9.11. The number of carbonyl (C=O) groups excluding carboxylic acids is 1. The van der Waals surface area contributed by atoms with Crippen LogP contribution >= 0.6 is 11.8 Å². The molecule has 0 heterocycles. The number of para-hydroxylation sites is 1. The molecule has 15 heavy (non-hydrogen) atoms. The van der Waals surface area contributed by atoms with E-state index in [-0.39, 0.29) is 0 Å². The van der Waals surface area contributed by atoms with Crippen LogP contribution in [0, 0.1) is 0 Å². The van der Waals surface area contributed by atoms with E-state index in [0.29, 0.717) is 11.0 Å². The molecule has 1 amide bonds. The minimum Gasteiger partial charge on any atom is -0.410 e. The summed E-state index contributed by atoms with van der Waals surface area (Å²) in [6, 6.07) is 7.57. The molecular formula is C11H15NO2S. The molecule has 0 aromatic heterocycles. The Morgan fingerprint density at radius 1 is 1.47 bits per heavy atom. The highest BCUT2D eigenvalue weighted by Crippen LogP contribution is 2.32. The summed E-state index contributed by atoms with van der Waals surface area (Å²) in [5.74, 6) is 0.624. The highest BCUT2D eigenvalue weighted by atomic mass is 32.2. The summed E-state index contributed by atoms with van der Waals surface area (Å²) >= 11 is 1.72. The molecule has 0 aliphatic carbocycles. The third-order valence-corrected chi connectivity index (χ3v) is 3.08. The van der Waals surface area contributed by atoms with E-state index < -0.39 is 6.09 Å². The lowest BCUT2D eigenvalue weighted by Crippen LogP contribution is -2.22. The predicted molar refractivity (Wildman–Crippen MR) is 63.5 cm³/mol. The highest BCUT2D eigenvalue weighted by Gasteiger charge is 2.12. The van der Waals surface area contributed by atoms with E-state index in [9.17, 15) is 4.79 Å². The Morgan fingerprint density at radius 3 is 2.73 bits per heavy atom. The second-order valence-electron chi connectivity index (χ2n) is 3.06. The Labute approximate surface area is 94.2 Å². The van der Waals surface area contributed by atoms with Crippen LogP contribution in [-0.2, 0) is 0 Å². The van der Waals surface area contributed by atoms with E-state index in [4.69, 9.17) is 4.74 Å². The molecule has 0 spiro atoms. The molecule has 0 saturated carbocycles. The summed E-state index contributed by atoms with van der Waals surface area (Å²) in [6.07, 6.45) is 1.59. The van der Waals surface area contributed by atoms with Crippen LogP contribution in [0.25, 0.3) is 0 Å².